The minimum atomic E-state index is -1.18. The summed E-state index contributed by atoms with van der Waals surface area (Å²) in [6.45, 7) is 0.341. The molecule has 2 rings (SSSR count). The molecule has 9 N–H and O–H groups in total. The highest BCUT2D eigenvalue weighted by Crippen LogP contribution is 2.19. The number of carboxylic acid groups (broad SMARTS) is 1. The number of carbonyl (C=O) groups is 4. The summed E-state index contributed by atoms with van der Waals surface area (Å²) in [6, 6.07) is 6.24. The van der Waals surface area contributed by atoms with E-state index in [-0.39, 0.29) is 18.3 Å². The number of rotatable bonds is 12. The molecule has 3 atom stereocenters. The van der Waals surface area contributed by atoms with Gasteiger partial charge in [-0.25, -0.2) is 4.79 Å². The van der Waals surface area contributed by atoms with E-state index in [4.69, 9.17) is 17.2 Å². The number of aliphatic imine (C=N–C) groups is 1. The molecule has 0 bridgehead atoms. The second-order valence-electron chi connectivity index (χ2n) is 8.11. The third-order valence-electron chi connectivity index (χ3n) is 5.46. The number of nitrogens with one attached hydrogen (secondary N) is 2. The fourth-order valence-corrected chi connectivity index (χ4v) is 3.74. The number of benzene rings is 1. The fourth-order valence-electron chi connectivity index (χ4n) is 3.74. The average Bonchev–Trinajstić information content (AvgIpc) is 3.29. The number of aliphatic carboxylic acids is 1. The predicted molar refractivity (Wildman–Crippen MR) is 125 cm³/mol. The molecule has 0 aliphatic carbocycles. The van der Waals surface area contributed by atoms with Crippen LogP contribution in [-0.4, -0.2) is 77.4 Å². The number of amides is 3. The molecule has 1 aliphatic rings. The first-order valence-corrected chi connectivity index (χ1v) is 11.1. The molecular weight excluding hydrogens is 442 g/mol. The number of likely N-dealkylation sites (tertiary alicyclic amines) is 1. The van der Waals surface area contributed by atoms with E-state index < -0.39 is 42.5 Å². The van der Waals surface area contributed by atoms with E-state index in [0.717, 1.165) is 5.56 Å². The van der Waals surface area contributed by atoms with Crippen LogP contribution >= 0.6 is 0 Å². The van der Waals surface area contributed by atoms with Crippen LogP contribution in [0.15, 0.2) is 35.3 Å². The molecule has 1 saturated heterocycles. The van der Waals surface area contributed by atoms with Gasteiger partial charge < -0.3 is 37.8 Å². The predicted octanol–water partition coefficient (Wildman–Crippen LogP) is -1.71. The van der Waals surface area contributed by atoms with E-state index in [1.54, 1.807) is 24.3 Å². The van der Waals surface area contributed by atoms with E-state index in [9.17, 15) is 24.3 Å². The third kappa shape index (κ3) is 8.35. The van der Waals surface area contributed by atoms with Crippen LogP contribution in [0, 0.1) is 0 Å². The Morgan fingerprint density at radius 3 is 2.53 bits per heavy atom. The van der Waals surface area contributed by atoms with Crippen LogP contribution in [-0.2, 0) is 25.6 Å². The third-order valence-corrected chi connectivity index (χ3v) is 5.46. The van der Waals surface area contributed by atoms with Crippen molar-refractivity contribution in [1.82, 2.24) is 15.5 Å². The van der Waals surface area contributed by atoms with Crippen molar-refractivity contribution in [3.05, 3.63) is 35.9 Å². The summed E-state index contributed by atoms with van der Waals surface area (Å²) in [5.41, 5.74) is 17.3. The standard InChI is InChI=1S/C22H33N7O5/c23-15(8-4-10-26-22(24)25)20(32)29-11-5-9-17(29)19(31)27-13-18(30)28-16(21(33)34)12-14-6-2-1-3-7-14/h1-3,6-7,15-17H,4-5,8-13,23H2,(H,27,31)(H,28,30)(H,33,34)(H4,24,25,26)/t15-,16-,17-/m0/s1. The molecule has 12 nitrogen and oxygen atoms in total. The Hall–Kier alpha value is -3.67. The summed E-state index contributed by atoms with van der Waals surface area (Å²) in [6.07, 6.45) is 2.08. The SMILES string of the molecule is NC(N)=NCCC[C@H](N)C(=O)N1CCC[C@H]1C(=O)NCC(=O)N[C@@H](Cc1ccccc1)C(=O)O. The van der Waals surface area contributed by atoms with Crippen LogP contribution in [0.1, 0.15) is 31.2 Å². The summed E-state index contributed by atoms with van der Waals surface area (Å²) in [5.74, 6) is -2.67. The Morgan fingerprint density at radius 1 is 1.18 bits per heavy atom. The topological polar surface area (TPSA) is 206 Å². The van der Waals surface area contributed by atoms with Crippen LogP contribution in [0.4, 0.5) is 0 Å². The zero-order valence-corrected chi connectivity index (χ0v) is 19.0. The van der Waals surface area contributed by atoms with Crippen molar-refractivity contribution in [3.63, 3.8) is 0 Å². The Balaban J connectivity index is 1.84. The normalized spacial score (nSPS) is 16.9. The molecule has 0 unspecified atom stereocenters. The summed E-state index contributed by atoms with van der Waals surface area (Å²) < 4.78 is 0. The van der Waals surface area contributed by atoms with Gasteiger partial charge in [0.2, 0.25) is 17.7 Å². The van der Waals surface area contributed by atoms with E-state index in [0.29, 0.717) is 38.8 Å². The Labute approximate surface area is 197 Å². The van der Waals surface area contributed by atoms with Crippen LogP contribution < -0.4 is 27.8 Å². The first kappa shape index (κ1) is 26.6. The molecule has 34 heavy (non-hydrogen) atoms. The molecular formula is C22H33N7O5. The van der Waals surface area contributed by atoms with Gasteiger partial charge >= 0.3 is 5.97 Å². The number of guanidine groups is 1. The molecule has 1 aliphatic heterocycles. The summed E-state index contributed by atoms with van der Waals surface area (Å²) in [5, 5.41) is 14.3. The molecule has 0 saturated carbocycles. The fraction of sp³-hybridized carbons (Fsp3) is 0.500. The number of hydrogen-bond donors (Lipinski definition) is 6. The molecule has 3 amide bonds. The van der Waals surface area contributed by atoms with E-state index >= 15 is 0 Å². The highest BCUT2D eigenvalue weighted by atomic mass is 16.4. The smallest absolute Gasteiger partial charge is 0.326 e. The number of carboxylic acids is 1. The minimum absolute atomic E-state index is 0.0324. The molecule has 1 fully saturated rings. The van der Waals surface area contributed by atoms with Crippen LogP contribution in [0.25, 0.3) is 0 Å². The lowest BCUT2D eigenvalue weighted by Crippen LogP contribution is -2.53. The van der Waals surface area contributed by atoms with Gasteiger partial charge in [0.1, 0.15) is 12.1 Å². The molecule has 12 heteroatoms. The second kappa shape index (κ2) is 13.1. The van der Waals surface area contributed by atoms with Gasteiger partial charge in [0.15, 0.2) is 5.96 Å². The molecule has 1 aromatic carbocycles. The van der Waals surface area contributed by atoms with Gasteiger partial charge in [-0.2, -0.15) is 0 Å². The number of nitrogens with zero attached hydrogens (tertiary/aromatic N) is 2. The highest BCUT2D eigenvalue weighted by molar-refractivity contribution is 5.93. The number of hydrogen-bond acceptors (Lipinski definition) is 6. The van der Waals surface area contributed by atoms with Gasteiger partial charge in [-0.3, -0.25) is 19.4 Å². The largest absolute Gasteiger partial charge is 0.480 e. The first-order valence-electron chi connectivity index (χ1n) is 11.1. The van der Waals surface area contributed by atoms with E-state index in [1.807, 2.05) is 6.07 Å². The number of carbonyl (C=O) groups excluding carboxylic acids is 3. The molecule has 0 aromatic heterocycles. The van der Waals surface area contributed by atoms with Crippen molar-refractivity contribution >= 4 is 29.7 Å². The van der Waals surface area contributed by atoms with Gasteiger partial charge in [-0.05, 0) is 31.2 Å². The summed E-state index contributed by atoms with van der Waals surface area (Å²) >= 11 is 0. The van der Waals surface area contributed by atoms with Gasteiger partial charge in [-0.15, -0.1) is 0 Å². The monoisotopic (exact) mass is 475 g/mol. The van der Waals surface area contributed by atoms with E-state index in [2.05, 4.69) is 15.6 Å². The molecule has 186 valence electrons. The first-order chi connectivity index (χ1) is 16.2. The lowest BCUT2D eigenvalue weighted by Gasteiger charge is -2.26. The van der Waals surface area contributed by atoms with Crippen molar-refractivity contribution in [3.8, 4) is 0 Å². The maximum atomic E-state index is 12.7. The van der Waals surface area contributed by atoms with Crippen molar-refractivity contribution in [2.75, 3.05) is 19.6 Å². The maximum Gasteiger partial charge on any atom is 0.326 e. The Bertz CT molecular complexity index is 889. The lowest BCUT2D eigenvalue weighted by molar-refractivity contribution is -0.142. The lowest BCUT2D eigenvalue weighted by atomic mass is 10.1. The van der Waals surface area contributed by atoms with Gasteiger partial charge in [0.25, 0.3) is 0 Å². The molecule has 1 aromatic rings. The van der Waals surface area contributed by atoms with Crippen molar-refractivity contribution < 1.29 is 24.3 Å². The second-order valence-corrected chi connectivity index (χ2v) is 8.11. The zero-order valence-electron chi connectivity index (χ0n) is 19.0. The summed E-state index contributed by atoms with van der Waals surface area (Å²) in [4.78, 5) is 54.4. The minimum Gasteiger partial charge on any atom is -0.480 e. The number of nitrogens with two attached hydrogens (primary N) is 3. The van der Waals surface area contributed by atoms with Gasteiger partial charge in [-0.1, -0.05) is 30.3 Å². The van der Waals surface area contributed by atoms with E-state index in [1.165, 1.54) is 4.90 Å². The Kier molecular flexibility index (Phi) is 10.3. The highest BCUT2D eigenvalue weighted by Gasteiger charge is 2.36. The molecule has 0 spiro atoms. The van der Waals surface area contributed by atoms with Gasteiger partial charge in [0, 0.05) is 19.5 Å². The van der Waals surface area contributed by atoms with Crippen LogP contribution in [0.2, 0.25) is 0 Å². The summed E-state index contributed by atoms with van der Waals surface area (Å²) in [7, 11) is 0. The Morgan fingerprint density at radius 2 is 1.88 bits per heavy atom. The maximum absolute atomic E-state index is 12.7. The van der Waals surface area contributed by atoms with Gasteiger partial charge in [0.05, 0.1) is 12.6 Å². The quantitative estimate of drug-likeness (QED) is 0.116. The van der Waals surface area contributed by atoms with Crippen molar-refractivity contribution in [2.24, 2.45) is 22.2 Å². The van der Waals surface area contributed by atoms with Crippen molar-refractivity contribution in [1.29, 1.82) is 0 Å². The molecule has 0 radical (unpaired) electrons. The average molecular weight is 476 g/mol. The van der Waals surface area contributed by atoms with Crippen LogP contribution in [0.5, 0.6) is 0 Å². The van der Waals surface area contributed by atoms with Crippen LogP contribution in [0.3, 0.4) is 0 Å². The zero-order chi connectivity index (χ0) is 25.1. The molecule has 1 heterocycles. The van der Waals surface area contributed by atoms with Crippen molar-refractivity contribution in [2.45, 2.75) is 50.2 Å².